The highest BCUT2D eigenvalue weighted by atomic mass is 19.4. The van der Waals surface area contributed by atoms with Gasteiger partial charge >= 0.3 is 12.5 Å². The van der Waals surface area contributed by atoms with Gasteiger partial charge in [-0.2, -0.15) is 8.78 Å². The molecule has 2 fully saturated rings. The van der Waals surface area contributed by atoms with E-state index in [1.165, 1.54) is 19.3 Å². The first-order valence-corrected chi connectivity index (χ1v) is 11.9. The van der Waals surface area contributed by atoms with Gasteiger partial charge < -0.3 is 14.2 Å². The van der Waals surface area contributed by atoms with Crippen molar-refractivity contribution in [1.29, 1.82) is 0 Å². The summed E-state index contributed by atoms with van der Waals surface area (Å²) in [6.07, 6.45) is -0.909. The zero-order valence-corrected chi connectivity index (χ0v) is 19.1. The van der Waals surface area contributed by atoms with E-state index in [9.17, 15) is 30.7 Å². The second-order valence-electron chi connectivity index (χ2n) is 9.35. The van der Waals surface area contributed by atoms with Gasteiger partial charge in [0.25, 0.3) is 0 Å². The summed E-state index contributed by atoms with van der Waals surface area (Å²) in [5.74, 6) is -6.62. The van der Waals surface area contributed by atoms with E-state index in [4.69, 9.17) is 4.74 Å². The Morgan fingerprint density at radius 1 is 0.882 bits per heavy atom. The van der Waals surface area contributed by atoms with Crippen LogP contribution in [-0.4, -0.2) is 25.2 Å². The molecular formula is C24H31F7O3. The molecule has 0 bridgehead atoms. The average Bonchev–Trinajstić information content (AvgIpc) is 2.76. The molecule has 194 valence electrons. The van der Waals surface area contributed by atoms with Gasteiger partial charge in [-0.05, 0) is 56.8 Å². The van der Waals surface area contributed by atoms with Gasteiger partial charge in [0.1, 0.15) is 5.75 Å². The summed E-state index contributed by atoms with van der Waals surface area (Å²) in [5.41, 5.74) is 0. The number of unbranched alkanes of at least 4 members (excludes halogenated alkanes) is 2. The van der Waals surface area contributed by atoms with Crippen LogP contribution in [0.15, 0.2) is 12.1 Å². The summed E-state index contributed by atoms with van der Waals surface area (Å²) < 4.78 is 108. The van der Waals surface area contributed by atoms with Gasteiger partial charge in [0, 0.05) is 18.7 Å². The smallest absolute Gasteiger partial charge is 0.432 e. The molecule has 1 aromatic rings. The quantitative estimate of drug-likeness (QED) is 0.254. The van der Waals surface area contributed by atoms with Crippen LogP contribution < -0.4 is 9.47 Å². The molecule has 1 aromatic carbocycles. The molecule has 1 heterocycles. The van der Waals surface area contributed by atoms with E-state index < -0.39 is 41.5 Å². The summed E-state index contributed by atoms with van der Waals surface area (Å²) in [5, 5.41) is 0. The Balaban J connectivity index is 1.50. The first-order valence-electron chi connectivity index (χ1n) is 11.9. The van der Waals surface area contributed by atoms with Crippen molar-refractivity contribution >= 4 is 0 Å². The molecule has 0 N–H and O–H groups in total. The number of ether oxygens (including phenoxy) is 3. The van der Waals surface area contributed by atoms with Crippen molar-refractivity contribution in [3.63, 3.8) is 0 Å². The maximum Gasteiger partial charge on any atom is 0.573 e. The van der Waals surface area contributed by atoms with Crippen molar-refractivity contribution in [3.05, 3.63) is 23.8 Å². The fourth-order valence-electron chi connectivity index (χ4n) is 4.99. The summed E-state index contributed by atoms with van der Waals surface area (Å²) >= 11 is 0. The van der Waals surface area contributed by atoms with Crippen LogP contribution in [-0.2, 0) is 4.74 Å². The van der Waals surface area contributed by atoms with Crippen molar-refractivity contribution in [2.24, 2.45) is 17.8 Å². The average molecular weight is 500 g/mol. The molecule has 34 heavy (non-hydrogen) atoms. The number of rotatable bonds is 9. The Bertz CT molecular complexity index is 760. The van der Waals surface area contributed by atoms with Gasteiger partial charge in [-0.15, -0.1) is 13.2 Å². The van der Waals surface area contributed by atoms with E-state index in [2.05, 4.69) is 16.4 Å². The van der Waals surface area contributed by atoms with Crippen molar-refractivity contribution in [2.75, 3.05) is 6.61 Å². The fourth-order valence-corrected chi connectivity index (χ4v) is 4.99. The Labute approximate surface area is 194 Å². The molecular weight excluding hydrogens is 469 g/mol. The Kier molecular flexibility index (Phi) is 8.98. The maximum atomic E-state index is 14.7. The predicted molar refractivity (Wildman–Crippen MR) is 111 cm³/mol. The minimum atomic E-state index is -5.33. The lowest BCUT2D eigenvalue weighted by atomic mass is 9.76. The second kappa shape index (κ2) is 11.4. The van der Waals surface area contributed by atoms with Crippen LogP contribution in [0.5, 0.6) is 11.5 Å². The molecule has 0 aromatic heterocycles. The maximum absolute atomic E-state index is 14.7. The minimum Gasteiger partial charge on any atom is -0.432 e. The first-order chi connectivity index (χ1) is 16.0. The van der Waals surface area contributed by atoms with Crippen molar-refractivity contribution in [3.8, 4) is 11.5 Å². The molecule has 1 aliphatic carbocycles. The first kappa shape index (κ1) is 26.9. The highest BCUT2D eigenvalue weighted by molar-refractivity contribution is 5.35. The zero-order valence-electron chi connectivity index (χ0n) is 19.1. The highest BCUT2D eigenvalue weighted by Gasteiger charge is 2.45. The minimum absolute atomic E-state index is 0.0577. The summed E-state index contributed by atoms with van der Waals surface area (Å²) in [6, 6.07) is 0.521. The highest BCUT2D eigenvalue weighted by Crippen LogP contribution is 2.43. The number of benzene rings is 1. The lowest BCUT2D eigenvalue weighted by Gasteiger charge is -2.39. The van der Waals surface area contributed by atoms with Gasteiger partial charge in [0.2, 0.25) is 5.75 Å². The van der Waals surface area contributed by atoms with Gasteiger partial charge in [-0.1, -0.05) is 26.2 Å². The largest absolute Gasteiger partial charge is 0.573 e. The lowest BCUT2D eigenvalue weighted by molar-refractivity contribution is -0.276. The summed E-state index contributed by atoms with van der Waals surface area (Å²) in [6.45, 7) is 2.87. The zero-order chi connectivity index (χ0) is 24.9. The molecule has 10 heteroatoms. The topological polar surface area (TPSA) is 27.7 Å². The van der Waals surface area contributed by atoms with Crippen LogP contribution in [0, 0.1) is 29.4 Å². The molecule has 0 radical (unpaired) electrons. The standard InChI is InChI=1S/C24H31F7O3/c1-2-3-4-5-15-6-11-21(32-14-15)16-7-9-17(10-8-16)23(27,28)33-18-12-19(25)22(20(26)13-18)34-24(29,30)31/h12-13,15-17,21H,2-11,14H2,1H3. The van der Waals surface area contributed by atoms with E-state index in [-0.39, 0.29) is 37.0 Å². The van der Waals surface area contributed by atoms with Crippen molar-refractivity contribution in [2.45, 2.75) is 89.7 Å². The third-order valence-electron chi connectivity index (χ3n) is 6.84. The van der Waals surface area contributed by atoms with Crippen molar-refractivity contribution < 1.29 is 44.9 Å². The van der Waals surface area contributed by atoms with Gasteiger partial charge in [0.15, 0.2) is 11.6 Å². The van der Waals surface area contributed by atoms with Crippen LogP contribution >= 0.6 is 0 Å². The number of hydrogen-bond donors (Lipinski definition) is 0. The van der Waals surface area contributed by atoms with E-state index in [1.807, 2.05) is 0 Å². The third kappa shape index (κ3) is 7.39. The van der Waals surface area contributed by atoms with Crippen LogP contribution in [0.1, 0.15) is 71.1 Å². The van der Waals surface area contributed by atoms with E-state index >= 15 is 0 Å². The van der Waals surface area contributed by atoms with Crippen molar-refractivity contribution in [1.82, 2.24) is 0 Å². The Hall–Kier alpha value is -1.71. The van der Waals surface area contributed by atoms with E-state index in [1.54, 1.807) is 0 Å². The van der Waals surface area contributed by atoms with E-state index in [0.717, 1.165) is 19.3 Å². The number of halogens is 7. The van der Waals surface area contributed by atoms with Gasteiger partial charge in [-0.3, -0.25) is 0 Å². The van der Waals surface area contributed by atoms with E-state index in [0.29, 0.717) is 25.4 Å². The fraction of sp³-hybridized carbons (Fsp3) is 0.750. The molecule has 1 saturated carbocycles. The van der Waals surface area contributed by atoms with Gasteiger partial charge in [0.05, 0.1) is 12.0 Å². The van der Waals surface area contributed by atoms with Crippen LogP contribution in [0.3, 0.4) is 0 Å². The monoisotopic (exact) mass is 500 g/mol. The Morgan fingerprint density at radius 3 is 2.06 bits per heavy atom. The Morgan fingerprint density at radius 2 is 1.53 bits per heavy atom. The molecule has 3 rings (SSSR count). The predicted octanol–water partition coefficient (Wildman–Crippen LogP) is 8.02. The molecule has 2 unspecified atom stereocenters. The SMILES string of the molecule is CCCCCC1CCC(C2CCC(C(F)(F)Oc3cc(F)c(OC(F)(F)F)c(F)c3)CC2)OC1. The second-order valence-corrected chi connectivity index (χ2v) is 9.35. The van der Waals surface area contributed by atoms with Crippen LogP contribution in [0.4, 0.5) is 30.7 Å². The molecule has 0 amide bonds. The lowest BCUT2D eigenvalue weighted by Crippen LogP contribution is -2.40. The molecule has 2 atom stereocenters. The summed E-state index contributed by atoms with van der Waals surface area (Å²) in [7, 11) is 0. The van der Waals surface area contributed by atoms with Gasteiger partial charge in [-0.25, -0.2) is 8.78 Å². The molecule has 0 spiro atoms. The third-order valence-corrected chi connectivity index (χ3v) is 6.84. The van der Waals surface area contributed by atoms with Crippen LogP contribution in [0.2, 0.25) is 0 Å². The molecule has 1 aliphatic heterocycles. The number of alkyl halides is 5. The summed E-state index contributed by atoms with van der Waals surface area (Å²) in [4.78, 5) is 0. The normalized spacial score (nSPS) is 26.4. The molecule has 2 aliphatic rings. The number of hydrogen-bond acceptors (Lipinski definition) is 3. The molecule has 3 nitrogen and oxygen atoms in total. The molecule has 1 saturated heterocycles. The van der Waals surface area contributed by atoms with Crippen LogP contribution in [0.25, 0.3) is 0 Å².